The number of nitrogens with zero attached hydrogens (tertiary/aromatic N) is 2. The first-order chi connectivity index (χ1) is 12.2. The summed E-state index contributed by atoms with van der Waals surface area (Å²) in [5.74, 6) is 0.283. The van der Waals surface area contributed by atoms with E-state index < -0.39 is 5.60 Å². The summed E-state index contributed by atoms with van der Waals surface area (Å²) in [6.07, 6.45) is 1.11. The molecule has 0 radical (unpaired) electrons. The number of amides is 1. The third-order valence-corrected chi connectivity index (χ3v) is 5.13. The van der Waals surface area contributed by atoms with Crippen LogP contribution >= 0.6 is 23.2 Å². The zero-order valence-corrected chi connectivity index (χ0v) is 17.0. The van der Waals surface area contributed by atoms with Crippen molar-refractivity contribution in [1.29, 1.82) is 5.26 Å². The lowest BCUT2D eigenvalue weighted by atomic mass is 9.80. The lowest BCUT2D eigenvalue weighted by Gasteiger charge is -2.35. The molecule has 1 saturated heterocycles. The van der Waals surface area contributed by atoms with Crippen LogP contribution in [0.15, 0.2) is 12.1 Å². The summed E-state index contributed by atoms with van der Waals surface area (Å²) >= 11 is 12.2. The lowest BCUT2D eigenvalue weighted by Crippen LogP contribution is -2.42. The van der Waals surface area contributed by atoms with E-state index in [1.165, 1.54) is 0 Å². The van der Waals surface area contributed by atoms with Gasteiger partial charge in [-0.15, -0.1) is 0 Å². The highest BCUT2D eigenvalue weighted by molar-refractivity contribution is 6.42. The Bertz CT molecular complexity index is 702. The summed E-state index contributed by atoms with van der Waals surface area (Å²) in [5, 5.41) is 10.5. The van der Waals surface area contributed by atoms with Gasteiger partial charge >= 0.3 is 6.09 Å². The van der Waals surface area contributed by atoms with Crippen LogP contribution < -0.4 is 4.74 Å². The van der Waals surface area contributed by atoms with Gasteiger partial charge < -0.3 is 14.4 Å². The van der Waals surface area contributed by atoms with Gasteiger partial charge in [0.15, 0.2) is 0 Å². The first-order valence-corrected chi connectivity index (χ1v) is 9.32. The summed E-state index contributed by atoms with van der Waals surface area (Å²) in [6, 6.07) is 5.72. The average molecular weight is 399 g/mol. The van der Waals surface area contributed by atoms with Crippen molar-refractivity contribution in [1.82, 2.24) is 4.90 Å². The molecule has 5 nitrogen and oxygen atoms in total. The fourth-order valence-corrected chi connectivity index (χ4v) is 3.46. The largest absolute Gasteiger partial charge is 0.496 e. The number of carbonyl (C=O) groups is 1. The predicted octanol–water partition coefficient (Wildman–Crippen LogP) is 5.26. The standard InChI is InChI=1S/C19H24Cl2N2O3/c1-19(2,3)26-18(24)23-7-5-12(6-8-23)14(11-22)13-9-15(20)16(21)10-17(13)25-4/h9-10,12,14H,5-8H2,1-4H3. The molecule has 0 aromatic heterocycles. The Morgan fingerprint density at radius 3 is 2.35 bits per heavy atom. The van der Waals surface area contributed by atoms with Crippen LogP contribution in [0.3, 0.4) is 0 Å². The van der Waals surface area contributed by atoms with Gasteiger partial charge in [-0.25, -0.2) is 4.79 Å². The number of hydrogen-bond acceptors (Lipinski definition) is 4. The first-order valence-electron chi connectivity index (χ1n) is 8.56. The number of likely N-dealkylation sites (tertiary alicyclic amines) is 1. The highest BCUT2D eigenvalue weighted by Crippen LogP contribution is 2.40. The molecular formula is C19H24Cl2N2O3. The van der Waals surface area contributed by atoms with Crippen molar-refractivity contribution in [2.75, 3.05) is 20.2 Å². The molecule has 1 aliphatic heterocycles. The minimum absolute atomic E-state index is 0.102. The quantitative estimate of drug-likeness (QED) is 0.696. The maximum atomic E-state index is 12.2. The summed E-state index contributed by atoms with van der Waals surface area (Å²) < 4.78 is 10.8. The van der Waals surface area contributed by atoms with E-state index in [1.807, 2.05) is 20.8 Å². The van der Waals surface area contributed by atoms with Crippen LogP contribution in [0, 0.1) is 17.2 Å². The average Bonchev–Trinajstić information content (AvgIpc) is 2.57. The van der Waals surface area contributed by atoms with Crippen LogP contribution in [0.5, 0.6) is 5.75 Å². The molecule has 2 rings (SSSR count). The van der Waals surface area contributed by atoms with Crippen LogP contribution in [0.25, 0.3) is 0 Å². The molecule has 26 heavy (non-hydrogen) atoms. The van der Waals surface area contributed by atoms with E-state index in [-0.39, 0.29) is 17.9 Å². The molecule has 7 heteroatoms. The lowest BCUT2D eigenvalue weighted by molar-refractivity contribution is 0.0179. The summed E-state index contributed by atoms with van der Waals surface area (Å²) in [4.78, 5) is 13.9. The summed E-state index contributed by atoms with van der Waals surface area (Å²) in [5.41, 5.74) is 0.219. The van der Waals surface area contributed by atoms with E-state index >= 15 is 0 Å². The molecule has 1 unspecified atom stereocenters. The second-order valence-electron chi connectivity index (χ2n) is 7.42. The Morgan fingerprint density at radius 2 is 1.85 bits per heavy atom. The minimum atomic E-state index is -0.517. The monoisotopic (exact) mass is 398 g/mol. The van der Waals surface area contributed by atoms with E-state index in [4.69, 9.17) is 32.7 Å². The highest BCUT2D eigenvalue weighted by atomic mass is 35.5. The Balaban J connectivity index is 2.11. The molecule has 1 aromatic rings. The molecule has 0 N–H and O–H groups in total. The van der Waals surface area contributed by atoms with Crippen molar-refractivity contribution in [3.8, 4) is 11.8 Å². The van der Waals surface area contributed by atoms with E-state index in [0.29, 0.717) is 41.7 Å². The number of rotatable bonds is 3. The number of ether oxygens (including phenoxy) is 2. The SMILES string of the molecule is COc1cc(Cl)c(Cl)cc1C(C#N)C1CCN(C(=O)OC(C)(C)C)CC1. The highest BCUT2D eigenvalue weighted by Gasteiger charge is 2.33. The van der Waals surface area contributed by atoms with Crippen molar-refractivity contribution in [2.45, 2.75) is 45.1 Å². The van der Waals surface area contributed by atoms with Gasteiger partial charge in [-0.3, -0.25) is 0 Å². The van der Waals surface area contributed by atoms with Gasteiger partial charge in [0.2, 0.25) is 0 Å². The first kappa shape index (κ1) is 20.7. The Hall–Kier alpha value is -1.64. The van der Waals surface area contributed by atoms with E-state index in [0.717, 1.165) is 5.56 Å². The second kappa shape index (κ2) is 8.37. The fourth-order valence-electron chi connectivity index (χ4n) is 3.13. The Kier molecular flexibility index (Phi) is 6.65. The number of nitriles is 1. The van der Waals surface area contributed by atoms with Crippen LogP contribution in [-0.2, 0) is 4.74 Å². The molecule has 1 heterocycles. The van der Waals surface area contributed by atoms with Gasteiger partial charge in [0.1, 0.15) is 11.4 Å². The third kappa shape index (κ3) is 4.96. The Labute approximate surface area is 164 Å². The number of carbonyl (C=O) groups excluding carboxylic acids is 1. The molecule has 1 fully saturated rings. The van der Waals surface area contributed by atoms with Crippen molar-refractivity contribution in [3.05, 3.63) is 27.7 Å². The second-order valence-corrected chi connectivity index (χ2v) is 8.23. The molecule has 1 atom stereocenters. The molecule has 1 amide bonds. The zero-order valence-electron chi connectivity index (χ0n) is 15.5. The third-order valence-electron chi connectivity index (χ3n) is 4.41. The number of methoxy groups -OCH3 is 1. The normalized spacial score (nSPS) is 16.7. The maximum Gasteiger partial charge on any atom is 0.410 e. The van der Waals surface area contributed by atoms with Crippen LogP contribution in [-0.4, -0.2) is 36.8 Å². The topological polar surface area (TPSA) is 62.6 Å². The van der Waals surface area contributed by atoms with Gasteiger partial charge in [-0.1, -0.05) is 23.2 Å². The number of hydrogen-bond donors (Lipinski definition) is 0. The molecular weight excluding hydrogens is 375 g/mol. The van der Waals surface area contributed by atoms with Gasteiger partial charge in [0.05, 0.1) is 29.1 Å². The predicted molar refractivity (Wildman–Crippen MR) is 102 cm³/mol. The number of benzene rings is 1. The van der Waals surface area contributed by atoms with Crippen molar-refractivity contribution >= 4 is 29.3 Å². The minimum Gasteiger partial charge on any atom is -0.496 e. The molecule has 0 aliphatic carbocycles. The van der Waals surface area contributed by atoms with Crippen LogP contribution in [0.4, 0.5) is 4.79 Å². The van der Waals surface area contributed by atoms with Crippen LogP contribution in [0.1, 0.15) is 45.1 Å². The van der Waals surface area contributed by atoms with E-state index in [1.54, 1.807) is 24.1 Å². The molecule has 142 valence electrons. The van der Waals surface area contributed by atoms with Crippen molar-refractivity contribution < 1.29 is 14.3 Å². The van der Waals surface area contributed by atoms with Gasteiger partial charge in [0, 0.05) is 24.7 Å². The van der Waals surface area contributed by atoms with Crippen molar-refractivity contribution in [2.24, 2.45) is 5.92 Å². The Morgan fingerprint density at radius 1 is 1.27 bits per heavy atom. The molecule has 1 aliphatic rings. The molecule has 0 saturated carbocycles. The molecule has 0 bridgehead atoms. The summed E-state index contributed by atoms with van der Waals surface area (Å²) in [6.45, 7) is 6.66. The zero-order chi connectivity index (χ0) is 19.5. The van der Waals surface area contributed by atoms with Gasteiger partial charge in [0.25, 0.3) is 0 Å². The molecule has 1 aromatic carbocycles. The number of halogens is 2. The fraction of sp³-hybridized carbons (Fsp3) is 0.579. The smallest absolute Gasteiger partial charge is 0.410 e. The van der Waals surface area contributed by atoms with Gasteiger partial charge in [-0.05, 0) is 45.6 Å². The van der Waals surface area contributed by atoms with E-state index in [2.05, 4.69) is 6.07 Å². The number of piperidine rings is 1. The van der Waals surface area contributed by atoms with E-state index in [9.17, 15) is 10.1 Å². The van der Waals surface area contributed by atoms with Crippen molar-refractivity contribution in [3.63, 3.8) is 0 Å². The summed E-state index contributed by atoms with van der Waals surface area (Å²) in [7, 11) is 1.54. The molecule has 0 spiro atoms. The van der Waals surface area contributed by atoms with Crippen LogP contribution in [0.2, 0.25) is 10.0 Å². The maximum absolute atomic E-state index is 12.2. The van der Waals surface area contributed by atoms with Gasteiger partial charge in [-0.2, -0.15) is 5.26 Å².